The molecule has 1 spiro atoms. The maximum Gasteiger partial charge on any atom is 0.231 e. The number of hydrogen-bond acceptors (Lipinski definition) is 4. The SMILES string of the molecule is CS(=O)(=O)c1ccc(C2=C(c3ccc4c(c3)OCO4)CC3(CC3)C2)cc1. The number of allylic oxidation sites excluding steroid dienone is 2. The van der Waals surface area contributed by atoms with Crippen LogP contribution in [0.5, 0.6) is 11.5 Å². The van der Waals surface area contributed by atoms with Crippen molar-refractivity contribution in [3.63, 3.8) is 0 Å². The monoisotopic (exact) mass is 368 g/mol. The van der Waals surface area contributed by atoms with Crippen LogP contribution in [0.25, 0.3) is 11.1 Å². The molecular formula is C21H20O4S. The predicted molar refractivity (Wildman–Crippen MR) is 99.8 cm³/mol. The van der Waals surface area contributed by atoms with Crippen molar-refractivity contribution >= 4 is 21.0 Å². The normalized spacial score (nSPS) is 20.0. The van der Waals surface area contributed by atoms with Gasteiger partial charge in [0.2, 0.25) is 6.79 Å². The van der Waals surface area contributed by atoms with Crippen LogP contribution in [-0.4, -0.2) is 21.5 Å². The average molecular weight is 368 g/mol. The van der Waals surface area contributed by atoms with Crippen LogP contribution < -0.4 is 9.47 Å². The summed E-state index contributed by atoms with van der Waals surface area (Å²) in [6, 6.07) is 13.5. The molecule has 26 heavy (non-hydrogen) atoms. The summed E-state index contributed by atoms with van der Waals surface area (Å²) in [6.45, 7) is 0.279. The summed E-state index contributed by atoms with van der Waals surface area (Å²) < 4.78 is 34.4. The van der Waals surface area contributed by atoms with Gasteiger partial charge >= 0.3 is 0 Å². The highest BCUT2D eigenvalue weighted by Gasteiger charge is 2.48. The van der Waals surface area contributed by atoms with Crippen LogP contribution in [0.4, 0.5) is 0 Å². The lowest BCUT2D eigenvalue weighted by molar-refractivity contribution is 0.174. The molecule has 0 bridgehead atoms. The van der Waals surface area contributed by atoms with E-state index in [2.05, 4.69) is 12.1 Å². The van der Waals surface area contributed by atoms with Gasteiger partial charge in [0.25, 0.3) is 0 Å². The van der Waals surface area contributed by atoms with Crippen molar-refractivity contribution < 1.29 is 17.9 Å². The van der Waals surface area contributed by atoms with Crippen LogP contribution in [-0.2, 0) is 9.84 Å². The molecule has 5 rings (SSSR count). The van der Waals surface area contributed by atoms with Crippen LogP contribution in [0.2, 0.25) is 0 Å². The number of sulfone groups is 1. The molecule has 4 nitrogen and oxygen atoms in total. The third-order valence-electron chi connectivity index (χ3n) is 5.78. The second-order valence-electron chi connectivity index (χ2n) is 7.68. The Labute approximate surface area is 153 Å². The zero-order valence-electron chi connectivity index (χ0n) is 14.6. The Morgan fingerprint density at radius 2 is 1.46 bits per heavy atom. The van der Waals surface area contributed by atoms with E-state index in [0.717, 1.165) is 29.9 Å². The fourth-order valence-electron chi connectivity index (χ4n) is 4.10. The third kappa shape index (κ3) is 2.62. The third-order valence-corrected chi connectivity index (χ3v) is 6.91. The number of fused-ring (bicyclic) bond motifs is 1. The van der Waals surface area contributed by atoms with Crippen molar-refractivity contribution in [1.29, 1.82) is 0 Å². The van der Waals surface area contributed by atoms with E-state index in [4.69, 9.17) is 9.47 Å². The van der Waals surface area contributed by atoms with Gasteiger partial charge in [0.05, 0.1) is 4.90 Å². The molecule has 0 unspecified atom stereocenters. The standard InChI is InChI=1S/C21H20O4S/c1-26(22,23)16-5-2-14(3-6-16)17-11-21(8-9-21)12-18(17)15-4-7-19-20(10-15)25-13-24-19/h2-7,10H,8-9,11-13H2,1H3. The van der Waals surface area contributed by atoms with E-state index in [1.54, 1.807) is 12.1 Å². The molecule has 2 aromatic rings. The first-order chi connectivity index (χ1) is 12.4. The molecule has 0 atom stereocenters. The predicted octanol–water partition coefficient (Wildman–Crippen LogP) is 4.30. The molecule has 0 N–H and O–H groups in total. The van der Waals surface area contributed by atoms with Gasteiger partial charge in [0, 0.05) is 6.26 Å². The van der Waals surface area contributed by atoms with E-state index >= 15 is 0 Å². The summed E-state index contributed by atoms with van der Waals surface area (Å²) in [5, 5.41) is 0. The lowest BCUT2D eigenvalue weighted by atomic mass is 9.97. The molecule has 1 fully saturated rings. The van der Waals surface area contributed by atoms with Crippen molar-refractivity contribution in [1.82, 2.24) is 0 Å². The Balaban J connectivity index is 1.58. The fraction of sp³-hybridized carbons (Fsp3) is 0.333. The van der Waals surface area contributed by atoms with E-state index in [-0.39, 0.29) is 6.79 Å². The second kappa shape index (κ2) is 5.36. The summed E-state index contributed by atoms with van der Waals surface area (Å²) >= 11 is 0. The highest BCUT2D eigenvalue weighted by atomic mass is 32.2. The van der Waals surface area contributed by atoms with Crippen molar-refractivity contribution in [2.75, 3.05) is 13.0 Å². The van der Waals surface area contributed by atoms with E-state index < -0.39 is 9.84 Å². The molecule has 1 heterocycles. The Morgan fingerprint density at radius 3 is 2.12 bits per heavy atom. The molecule has 1 saturated carbocycles. The first-order valence-corrected chi connectivity index (χ1v) is 10.8. The van der Waals surface area contributed by atoms with Crippen molar-refractivity contribution in [2.24, 2.45) is 5.41 Å². The zero-order valence-corrected chi connectivity index (χ0v) is 15.4. The number of rotatable bonds is 3. The smallest absolute Gasteiger partial charge is 0.231 e. The maximum absolute atomic E-state index is 11.7. The summed E-state index contributed by atoms with van der Waals surface area (Å²) in [5.41, 5.74) is 5.40. The van der Waals surface area contributed by atoms with E-state index in [0.29, 0.717) is 10.3 Å². The summed E-state index contributed by atoms with van der Waals surface area (Å²) in [4.78, 5) is 0.366. The quantitative estimate of drug-likeness (QED) is 0.810. The van der Waals surface area contributed by atoms with Gasteiger partial charge in [-0.2, -0.15) is 0 Å². The van der Waals surface area contributed by atoms with Gasteiger partial charge in [-0.15, -0.1) is 0 Å². The molecule has 134 valence electrons. The molecule has 0 aromatic heterocycles. The Morgan fingerprint density at radius 1 is 0.846 bits per heavy atom. The van der Waals surface area contributed by atoms with Crippen LogP contribution in [0.1, 0.15) is 36.8 Å². The van der Waals surface area contributed by atoms with Gasteiger partial charge in [-0.1, -0.05) is 18.2 Å². The van der Waals surface area contributed by atoms with Gasteiger partial charge in [0.15, 0.2) is 21.3 Å². The van der Waals surface area contributed by atoms with E-state index in [9.17, 15) is 8.42 Å². The van der Waals surface area contributed by atoms with Crippen molar-refractivity contribution in [3.05, 3.63) is 53.6 Å². The highest BCUT2D eigenvalue weighted by Crippen LogP contribution is 2.63. The minimum absolute atomic E-state index is 0.279. The molecule has 5 heteroatoms. The lowest BCUT2D eigenvalue weighted by Crippen LogP contribution is -1.97. The number of hydrogen-bond donors (Lipinski definition) is 0. The average Bonchev–Trinajstić information content (AvgIpc) is 3.05. The topological polar surface area (TPSA) is 52.6 Å². The van der Waals surface area contributed by atoms with Crippen LogP contribution >= 0.6 is 0 Å². The minimum Gasteiger partial charge on any atom is -0.454 e. The summed E-state index contributed by atoms with van der Waals surface area (Å²) in [5.74, 6) is 1.60. The van der Waals surface area contributed by atoms with Gasteiger partial charge < -0.3 is 9.47 Å². The second-order valence-corrected chi connectivity index (χ2v) is 9.69. The van der Waals surface area contributed by atoms with Crippen LogP contribution in [0, 0.1) is 5.41 Å². The number of benzene rings is 2. The lowest BCUT2D eigenvalue weighted by Gasteiger charge is -2.10. The molecule has 0 radical (unpaired) electrons. The van der Waals surface area contributed by atoms with Crippen LogP contribution in [0.3, 0.4) is 0 Å². The molecule has 3 aliphatic rings. The van der Waals surface area contributed by atoms with Gasteiger partial charge in [-0.25, -0.2) is 8.42 Å². The summed E-state index contributed by atoms with van der Waals surface area (Å²) in [6.07, 6.45) is 5.93. The maximum atomic E-state index is 11.7. The molecule has 0 amide bonds. The van der Waals surface area contributed by atoms with Gasteiger partial charge in [0.1, 0.15) is 0 Å². The summed E-state index contributed by atoms with van der Waals surface area (Å²) in [7, 11) is -3.17. The van der Waals surface area contributed by atoms with Crippen molar-refractivity contribution in [2.45, 2.75) is 30.6 Å². The molecule has 0 saturated heterocycles. The molecule has 1 aliphatic heterocycles. The highest BCUT2D eigenvalue weighted by molar-refractivity contribution is 7.90. The Hall–Kier alpha value is -2.27. The fourth-order valence-corrected chi connectivity index (χ4v) is 4.73. The minimum atomic E-state index is -3.17. The Kier molecular flexibility index (Phi) is 3.29. The largest absolute Gasteiger partial charge is 0.454 e. The van der Waals surface area contributed by atoms with Crippen molar-refractivity contribution in [3.8, 4) is 11.5 Å². The first kappa shape index (κ1) is 15.9. The van der Waals surface area contributed by atoms with E-state index in [1.165, 1.54) is 35.8 Å². The Bertz CT molecular complexity index is 1030. The molecule has 2 aromatic carbocycles. The molecular weight excluding hydrogens is 348 g/mol. The molecule has 2 aliphatic carbocycles. The van der Waals surface area contributed by atoms with E-state index in [1.807, 2.05) is 18.2 Å². The first-order valence-electron chi connectivity index (χ1n) is 8.86. The van der Waals surface area contributed by atoms with Gasteiger partial charge in [-0.3, -0.25) is 0 Å². The zero-order chi connectivity index (χ0) is 17.9. The van der Waals surface area contributed by atoms with Crippen LogP contribution in [0.15, 0.2) is 47.4 Å². The number of ether oxygens (including phenoxy) is 2. The van der Waals surface area contributed by atoms with Gasteiger partial charge in [-0.05, 0) is 77.6 Å².